The largest absolute Gasteiger partial charge is 0.362 e. The average molecular weight is 279 g/mol. The molecule has 2 rings (SSSR count). The molecule has 0 spiro atoms. The smallest absolute Gasteiger partial charge is 0.187 e. The van der Waals surface area contributed by atoms with E-state index >= 15 is 0 Å². The Labute approximate surface area is 126 Å². The number of allylic oxidation sites excluding steroid dienone is 1. The van der Waals surface area contributed by atoms with Crippen LogP contribution in [-0.2, 0) is 0 Å². The molecule has 0 aliphatic rings. The highest BCUT2D eigenvalue weighted by Crippen LogP contribution is 2.15. The Morgan fingerprint density at radius 1 is 1.00 bits per heavy atom. The fourth-order valence-corrected chi connectivity index (χ4v) is 1.99. The zero-order valence-electron chi connectivity index (χ0n) is 12.8. The third kappa shape index (κ3) is 4.32. The Morgan fingerprint density at radius 2 is 1.62 bits per heavy atom. The van der Waals surface area contributed by atoms with Crippen LogP contribution in [0.25, 0.3) is 0 Å². The normalized spacial score (nSPS) is 11.0. The quantitative estimate of drug-likeness (QED) is 0.621. The van der Waals surface area contributed by atoms with Gasteiger partial charge in [-0.05, 0) is 30.5 Å². The molecule has 0 fully saturated rings. The maximum atomic E-state index is 12.0. The van der Waals surface area contributed by atoms with Crippen molar-refractivity contribution in [2.24, 2.45) is 0 Å². The number of anilines is 1. The van der Waals surface area contributed by atoms with Crippen LogP contribution in [0.1, 0.15) is 41.3 Å². The number of nitrogens with one attached hydrogen (secondary N) is 1. The van der Waals surface area contributed by atoms with Crippen molar-refractivity contribution in [3.8, 4) is 0 Å². The Kier molecular flexibility index (Phi) is 4.94. The highest BCUT2D eigenvalue weighted by atomic mass is 16.1. The molecule has 108 valence electrons. The van der Waals surface area contributed by atoms with Crippen molar-refractivity contribution in [3.05, 3.63) is 77.5 Å². The first kappa shape index (κ1) is 15.0. The van der Waals surface area contributed by atoms with Crippen LogP contribution in [0, 0.1) is 6.92 Å². The Morgan fingerprint density at radius 3 is 2.19 bits per heavy atom. The lowest BCUT2D eigenvalue weighted by Crippen LogP contribution is -1.97. The van der Waals surface area contributed by atoms with Gasteiger partial charge >= 0.3 is 0 Å². The minimum absolute atomic E-state index is 0.00455. The highest BCUT2D eigenvalue weighted by Gasteiger charge is 2.03. The lowest BCUT2D eigenvalue weighted by Gasteiger charge is -2.05. The lowest BCUT2D eigenvalue weighted by atomic mass is 10.0. The third-order valence-electron chi connectivity index (χ3n) is 3.40. The summed E-state index contributed by atoms with van der Waals surface area (Å²) in [5, 5.41) is 3.10. The minimum Gasteiger partial charge on any atom is -0.362 e. The second-order valence-electron chi connectivity index (χ2n) is 5.48. The van der Waals surface area contributed by atoms with E-state index in [4.69, 9.17) is 0 Å². The van der Waals surface area contributed by atoms with Crippen molar-refractivity contribution < 1.29 is 4.79 Å². The van der Waals surface area contributed by atoms with Crippen LogP contribution in [0.3, 0.4) is 0 Å². The first-order valence-corrected chi connectivity index (χ1v) is 7.20. The maximum Gasteiger partial charge on any atom is 0.187 e. The van der Waals surface area contributed by atoms with Crippen LogP contribution in [-0.4, -0.2) is 5.78 Å². The second-order valence-corrected chi connectivity index (χ2v) is 5.48. The van der Waals surface area contributed by atoms with Crippen LogP contribution < -0.4 is 5.32 Å². The van der Waals surface area contributed by atoms with Gasteiger partial charge in [-0.1, -0.05) is 55.8 Å². The summed E-state index contributed by atoms with van der Waals surface area (Å²) in [6.07, 6.45) is 3.24. The van der Waals surface area contributed by atoms with Crippen molar-refractivity contribution in [1.29, 1.82) is 0 Å². The first-order valence-electron chi connectivity index (χ1n) is 7.20. The molecule has 0 saturated carbocycles. The lowest BCUT2D eigenvalue weighted by molar-refractivity contribution is 0.104. The Bertz CT molecular complexity index is 622. The molecule has 0 unspecified atom stereocenters. The molecule has 21 heavy (non-hydrogen) atoms. The van der Waals surface area contributed by atoms with E-state index in [-0.39, 0.29) is 5.78 Å². The molecule has 0 radical (unpaired) electrons. The molecule has 0 saturated heterocycles. The van der Waals surface area contributed by atoms with Crippen molar-refractivity contribution in [3.63, 3.8) is 0 Å². The third-order valence-corrected chi connectivity index (χ3v) is 3.40. The van der Waals surface area contributed by atoms with Gasteiger partial charge < -0.3 is 5.32 Å². The van der Waals surface area contributed by atoms with Gasteiger partial charge in [0, 0.05) is 23.5 Å². The number of benzene rings is 2. The van der Waals surface area contributed by atoms with E-state index in [0.29, 0.717) is 11.5 Å². The average Bonchev–Trinajstić information content (AvgIpc) is 2.49. The van der Waals surface area contributed by atoms with Gasteiger partial charge in [-0.3, -0.25) is 4.79 Å². The number of carbonyl (C=O) groups excluding carboxylic acids is 1. The molecular formula is C19H21NO. The van der Waals surface area contributed by atoms with Crippen molar-refractivity contribution in [2.75, 3.05) is 5.32 Å². The molecule has 0 bridgehead atoms. The van der Waals surface area contributed by atoms with Crippen LogP contribution in [0.4, 0.5) is 5.69 Å². The molecule has 0 aliphatic heterocycles. The predicted octanol–water partition coefficient (Wildman–Crippen LogP) is 4.93. The Hall–Kier alpha value is -2.35. The van der Waals surface area contributed by atoms with Gasteiger partial charge in [0.1, 0.15) is 0 Å². The van der Waals surface area contributed by atoms with Gasteiger partial charge in [0.15, 0.2) is 5.78 Å². The summed E-state index contributed by atoms with van der Waals surface area (Å²) in [5.41, 5.74) is 4.14. The van der Waals surface area contributed by atoms with Gasteiger partial charge in [0.2, 0.25) is 0 Å². The van der Waals surface area contributed by atoms with E-state index in [9.17, 15) is 4.79 Å². The van der Waals surface area contributed by atoms with Crippen molar-refractivity contribution >= 4 is 11.5 Å². The summed E-state index contributed by atoms with van der Waals surface area (Å²) in [4.78, 5) is 12.0. The fraction of sp³-hybridized carbons (Fsp3) is 0.211. The van der Waals surface area contributed by atoms with Crippen molar-refractivity contribution in [2.45, 2.75) is 26.7 Å². The van der Waals surface area contributed by atoms with E-state index in [1.807, 2.05) is 55.5 Å². The predicted molar refractivity (Wildman–Crippen MR) is 88.8 cm³/mol. The molecule has 2 aromatic rings. The molecule has 2 heteroatoms. The topological polar surface area (TPSA) is 29.1 Å². The summed E-state index contributed by atoms with van der Waals surface area (Å²) >= 11 is 0. The molecule has 1 N–H and O–H groups in total. The molecular weight excluding hydrogens is 258 g/mol. The molecule has 0 heterocycles. The number of carbonyl (C=O) groups is 1. The van der Waals surface area contributed by atoms with Gasteiger partial charge in [0.05, 0.1) is 0 Å². The SMILES string of the molecule is Cc1ccc(NC=CC(=O)c2ccc(C(C)C)cc2)cc1. The van der Waals surface area contributed by atoms with Crippen LogP contribution >= 0.6 is 0 Å². The molecule has 0 amide bonds. The van der Waals surface area contributed by atoms with Crippen LogP contribution in [0.5, 0.6) is 0 Å². The fourth-order valence-electron chi connectivity index (χ4n) is 1.99. The number of hydrogen-bond donors (Lipinski definition) is 1. The Balaban J connectivity index is 1.97. The summed E-state index contributed by atoms with van der Waals surface area (Å²) in [5.74, 6) is 0.484. The molecule has 0 aliphatic carbocycles. The van der Waals surface area contributed by atoms with Crippen LogP contribution in [0.2, 0.25) is 0 Å². The van der Waals surface area contributed by atoms with E-state index in [1.165, 1.54) is 11.1 Å². The number of aryl methyl sites for hydroxylation is 1. The van der Waals surface area contributed by atoms with Gasteiger partial charge in [-0.25, -0.2) is 0 Å². The van der Waals surface area contributed by atoms with E-state index in [0.717, 1.165) is 5.69 Å². The minimum atomic E-state index is 0.00455. The zero-order valence-corrected chi connectivity index (χ0v) is 12.8. The highest BCUT2D eigenvalue weighted by molar-refractivity contribution is 6.04. The summed E-state index contributed by atoms with van der Waals surface area (Å²) in [6.45, 7) is 6.33. The van der Waals surface area contributed by atoms with Crippen molar-refractivity contribution in [1.82, 2.24) is 0 Å². The molecule has 0 atom stereocenters. The van der Waals surface area contributed by atoms with Gasteiger partial charge in [-0.15, -0.1) is 0 Å². The number of ketones is 1. The maximum absolute atomic E-state index is 12.0. The first-order chi connectivity index (χ1) is 10.1. The van der Waals surface area contributed by atoms with Gasteiger partial charge in [0.25, 0.3) is 0 Å². The summed E-state index contributed by atoms with van der Waals surface area (Å²) in [7, 11) is 0. The van der Waals surface area contributed by atoms with E-state index in [1.54, 1.807) is 12.3 Å². The summed E-state index contributed by atoms with van der Waals surface area (Å²) < 4.78 is 0. The zero-order chi connectivity index (χ0) is 15.2. The molecule has 2 aromatic carbocycles. The monoisotopic (exact) mass is 279 g/mol. The molecule has 2 nitrogen and oxygen atoms in total. The van der Waals surface area contributed by atoms with Gasteiger partial charge in [-0.2, -0.15) is 0 Å². The number of hydrogen-bond acceptors (Lipinski definition) is 2. The summed E-state index contributed by atoms with van der Waals surface area (Å²) in [6, 6.07) is 15.8. The number of rotatable bonds is 5. The second kappa shape index (κ2) is 6.89. The van der Waals surface area contributed by atoms with E-state index in [2.05, 4.69) is 19.2 Å². The standard InChI is InChI=1S/C19H21NO/c1-14(2)16-6-8-17(9-7-16)19(21)12-13-20-18-10-4-15(3)5-11-18/h4-14,20H,1-3H3. The molecule has 0 aromatic heterocycles. The van der Waals surface area contributed by atoms with E-state index < -0.39 is 0 Å². The van der Waals surface area contributed by atoms with Crippen LogP contribution in [0.15, 0.2) is 60.8 Å².